The molecule has 9 aromatic rings. The minimum absolute atomic E-state index is 0.245. The van der Waals surface area contributed by atoms with E-state index >= 15 is 0 Å². The van der Waals surface area contributed by atoms with Gasteiger partial charge >= 0.3 is 0 Å². The highest BCUT2D eigenvalue weighted by atomic mass is 32.1. The number of rotatable bonds is 5. The number of para-hydroxylation sites is 1. The molecule has 12 rings (SSSR count). The van der Waals surface area contributed by atoms with Gasteiger partial charge < -0.3 is 10.2 Å². The van der Waals surface area contributed by atoms with Crippen molar-refractivity contribution in [3.8, 4) is 11.1 Å². The quantitative estimate of drug-likeness (QED) is 0.177. The van der Waals surface area contributed by atoms with E-state index in [4.69, 9.17) is 9.98 Å². The Labute approximate surface area is 338 Å². The van der Waals surface area contributed by atoms with Crippen LogP contribution in [0, 0.1) is 0 Å². The first kappa shape index (κ1) is 32.9. The van der Waals surface area contributed by atoms with Crippen LogP contribution < -0.4 is 10.2 Å². The van der Waals surface area contributed by atoms with Gasteiger partial charge in [0, 0.05) is 68.8 Å². The van der Waals surface area contributed by atoms with Crippen LogP contribution in [0.3, 0.4) is 0 Å². The van der Waals surface area contributed by atoms with Crippen LogP contribution in [0.25, 0.3) is 51.5 Å². The summed E-state index contributed by atoms with van der Waals surface area (Å²) in [6.07, 6.45) is 6.93. The zero-order valence-electron chi connectivity index (χ0n) is 31.0. The molecule has 0 saturated carbocycles. The van der Waals surface area contributed by atoms with Crippen LogP contribution in [-0.2, 0) is 0 Å². The third-order valence-corrected chi connectivity index (χ3v) is 14.3. The molecule has 0 amide bonds. The smallest absolute Gasteiger partial charge is 0.160 e. The molecule has 2 aliphatic heterocycles. The third-order valence-electron chi connectivity index (χ3n) is 12.0. The zero-order valence-corrected chi connectivity index (χ0v) is 32.6. The molecule has 272 valence electrons. The highest BCUT2D eigenvalue weighted by Crippen LogP contribution is 2.50. The van der Waals surface area contributed by atoms with Gasteiger partial charge in [0.1, 0.15) is 12.0 Å². The van der Waals surface area contributed by atoms with Crippen molar-refractivity contribution in [1.29, 1.82) is 0 Å². The van der Waals surface area contributed by atoms with Gasteiger partial charge in [-0.15, -0.1) is 22.7 Å². The molecule has 0 radical (unpaired) electrons. The van der Waals surface area contributed by atoms with Crippen LogP contribution in [0.1, 0.15) is 47.2 Å². The molecule has 1 aliphatic carbocycles. The van der Waals surface area contributed by atoms with Crippen LogP contribution in [0.4, 0.5) is 11.4 Å². The minimum atomic E-state index is -0.245. The van der Waals surface area contributed by atoms with E-state index in [2.05, 4.69) is 168 Å². The molecular weight excluding hydrogens is 733 g/mol. The predicted octanol–water partition coefficient (Wildman–Crippen LogP) is 13.5. The molecule has 4 heterocycles. The topological polar surface area (TPSA) is 40.0 Å². The second kappa shape index (κ2) is 13.1. The average Bonchev–Trinajstić information content (AvgIpc) is 3.96. The van der Waals surface area contributed by atoms with Crippen LogP contribution >= 0.6 is 22.7 Å². The molecule has 3 atom stereocenters. The van der Waals surface area contributed by atoms with E-state index in [1.807, 2.05) is 34.8 Å². The molecule has 3 aliphatic rings. The molecule has 2 aromatic heterocycles. The minimum Gasteiger partial charge on any atom is -0.344 e. The van der Waals surface area contributed by atoms with Gasteiger partial charge in [-0.2, -0.15) is 0 Å². The van der Waals surface area contributed by atoms with Crippen LogP contribution in [0.15, 0.2) is 180 Å². The van der Waals surface area contributed by atoms with E-state index in [-0.39, 0.29) is 6.17 Å². The van der Waals surface area contributed by atoms with E-state index in [9.17, 15) is 0 Å². The average molecular weight is 769 g/mol. The molecule has 1 N–H and O–H groups in total. The monoisotopic (exact) mass is 768 g/mol. The summed E-state index contributed by atoms with van der Waals surface area (Å²) in [6.45, 7) is 0. The highest BCUT2D eigenvalue weighted by Gasteiger charge is 2.38. The zero-order chi connectivity index (χ0) is 37.5. The number of fused-ring (bicyclic) bond motifs is 9. The highest BCUT2D eigenvalue weighted by molar-refractivity contribution is 7.26. The number of nitrogens with zero attached hydrogens (tertiary/aromatic N) is 3. The first-order chi connectivity index (χ1) is 28.2. The number of hydrogen-bond acceptors (Lipinski definition) is 6. The lowest BCUT2D eigenvalue weighted by molar-refractivity contribution is 0.573. The van der Waals surface area contributed by atoms with E-state index in [0.29, 0.717) is 12.0 Å². The van der Waals surface area contributed by atoms with E-state index in [1.54, 1.807) is 0 Å². The van der Waals surface area contributed by atoms with Crippen molar-refractivity contribution in [3.63, 3.8) is 0 Å². The lowest BCUT2D eigenvalue weighted by atomic mass is 9.86. The molecule has 0 bridgehead atoms. The maximum atomic E-state index is 5.24. The van der Waals surface area contributed by atoms with Crippen molar-refractivity contribution in [3.05, 3.63) is 192 Å². The van der Waals surface area contributed by atoms with E-state index in [1.165, 1.54) is 74.8 Å². The Morgan fingerprint density at radius 1 is 0.614 bits per heavy atom. The molecular formula is C51H36N4S2. The number of amidine groups is 2. The second-order valence-corrected chi connectivity index (χ2v) is 17.4. The summed E-state index contributed by atoms with van der Waals surface area (Å²) >= 11 is 3.74. The van der Waals surface area contributed by atoms with Gasteiger partial charge in [-0.05, 0) is 71.5 Å². The van der Waals surface area contributed by atoms with Gasteiger partial charge in [0.05, 0.1) is 6.04 Å². The molecule has 0 spiro atoms. The fourth-order valence-electron chi connectivity index (χ4n) is 9.38. The fourth-order valence-corrected chi connectivity index (χ4v) is 11.8. The van der Waals surface area contributed by atoms with Gasteiger partial charge in [0.15, 0.2) is 5.84 Å². The van der Waals surface area contributed by atoms with Crippen molar-refractivity contribution in [2.45, 2.75) is 31.0 Å². The molecule has 4 nitrogen and oxygen atoms in total. The standard InChI is InChI=1S/C51H36N4S2/c1-3-13-31(14-4-1)49-52-50(32-15-5-2-6-16-32)54-51(53-49)41-21-11-20-40-47-35(19-12-24-44(47)57-48(40)41)33-25-27-38-39-28-26-34(30-46(39)56-45(38)29-33)55-42-22-9-7-17-36(42)37-18-8-10-23-43(37)55/h1-7,9-17,19-30,37,43,49H,8,18H2,(H,52,53,54). The summed E-state index contributed by atoms with van der Waals surface area (Å²) in [6, 6.07) is 57.7. The Bertz CT molecular complexity index is 3140. The molecule has 0 fully saturated rings. The summed E-state index contributed by atoms with van der Waals surface area (Å²) in [5.41, 5.74) is 9.81. The van der Waals surface area contributed by atoms with Gasteiger partial charge in [-0.3, -0.25) is 0 Å². The largest absolute Gasteiger partial charge is 0.344 e. The number of thiophene rings is 2. The Hall–Kier alpha value is -6.34. The number of anilines is 2. The lowest BCUT2D eigenvalue weighted by Gasteiger charge is -2.30. The first-order valence-electron chi connectivity index (χ1n) is 19.7. The summed E-state index contributed by atoms with van der Waals surface area (Å²) in [4.78, 5) is 13.0. The second-order valence-electron chi connectivity index (χ2n) is 15.2. The Morgan fingerprint density at radius 3 is 2.28 bits per heavy atom. The van der Waals surface area contributed by atoms with Crippen LogP contribution in [0.2, 0.25) is 0 Å². The van der Waals surface area contributed by atoms with E-state index < -0.39 is 0 Å². The number of aliphatic imine (C=N–C) groups is 2. The molecule has 57 heavy (non-hydrogen) atoms. The number of nitrogens with one attached hydrogen (secondary N) is 1. The lowest BCUT2D eigenvalue weighted by Crippen LogP contribution is -2.33. The summed E-state index contributed by atoms with van der Waals surface area (Å²) in [7, 11) is 0. The first-order valence-corrected chi connectivity index (χ1v) is 21.4. The van der Waals surface area contributed by atoms with E-state index in [0.717, 1.165) is 34.8 Å². The molecule has 0 saturated heterocycles. The van der Waals surface area contributed by atoms with Gasteiger partial charge in [0.25, 0.3) is 0 Å². The number of hydrogen-bond donors (Lipinski definition) is 1. The van der Waals surface area contributed by atoms with Gasteiger partial charge in [0.2, 0.25) is 0 Å². The van der Waals surface area contributed by atoms with Crippen LogP contribution in [-0.4, -0.2) is 17.7 Å². The SMILES string of the molecule is C1=CC2C(CC1)c1ccccc1N2c1ccc2c(c1)sc1cc(-c3cccc4sc5c(C6=NC(c7ccccc7)NC(c7ccccc7)=N6)cccc5c34)ccc12. The van der Waals surface area contributed by atoms with Gasteiger partial charge in [-0.25, -0.2) is 9.98 Å². The summed E-state index contributed by atoms with van der Waals surface area (Å²) in [5.74, 6) is 2.13. The van der Waals surface area contributed by atoms with Crippen molar-refractivity contribution < 1.29 is 0 Å². The predicted molar refractivity (Wildman–Crippen MR) is 243 cm³/mol. The maximum Gasteiger partial charge on any atom is 0.160 e. The molecule has 3 unspecified atom stereocenters. The Morgan fingerprint density at radius 2 is 1.39 bits per heavy atom. The van der Waals surface area contributed by atoms with Crippen molar-refractivity contribution in [2.24, 2.45) is 9.98 Å². The number of benzene rings is 7. The molecule has 6 heteroatoms. The van der Waals surface area contributed by atoms with Crippen molar-refractivity contribution >= 4 is 86.1 Å². The Balaban J connectivity index is 0.958. The number of allylic oxidation sites excluding steroid dienone is 1. The fraction of sp³-hybridized carbons (Fsp3) is 0.0980. The van der Waals surface area contributed by atoms with Crippen molar-refractivity contribution in [1.82, 2.24) is 5.32 Å². The third kappa shape index (κ3) is 5.32. The van der Waals surface area contributed by atoms with Crippen molar-refractivity contribution in [2.75, 3.05) is 4.90 Å². The van der Waals surface area contributed by atoms with Crippen LogP contribution in [0.5, 0.6) is 0 Å². The van der Waals surface area contributed by atoms with Gasteiger partial charge in [-0.1, -0.05) is 133 Å². The summed E-state index contributed by atoms with van der Waals surface area (Å²) in [5, 5.41) is 8.77. The Kier molecular flexibility index (Phi) is 7.57. The maximum absolute atomic E-state index is 5.24. The summed E-state index contributed by atoms with van der Waals surface area (Å²) < 4.78 is 5.11. The normalized spacial score (nSPS) is 18.8. The molecule has 7 aromatic carbocycles.